The zero-order chi connectivity index (χ0) is 18.5. The average molecular weight is 386 g/mol. The number of likely N-dealkylation sites (N-methyl/N-ethyl adjacent to an activating group) is 1. The van der Waals surface area contributed by atoms with Gasteiger partial charge in [0, 0.05) is 7.05 Å². The normalized spacial score (nSPS) is 15.6. The van der Waals surface area contributed by atoms with Crippen molar-refractivity contribution in [2.75, 3.05) is 20.3 Å². The number of benzene rings is 2. The molecule has 0 aliphatic carbocycles. The van der Waals surface area contributed by atoms with E-state index < -0.39 is 0 Å². The third kappa shape index (κ3) is 4.65. The van der Waals surface area contributed by atoms with E-state index in [1.807, 2.05) is 61.5 Å². The zero-order valence-electron chi connectivity index (χ0n) is 14.6. The third-order valence-corrected chi connectivity index (χ3v) is 5.26. The van der Waals surface area contributed by atoms with Crippen LogP contribution in [0.2, 0.25) is 0 Å². The first-order valence-electron chi connectivity index (χ1n) is 8.17. The SMILES string of the molecule is Cc1cccc(OCCOc2ccc(/C=C3\SC(=S)N(C)C3=O)cc2)c1. The summed E-state index contributed by atoms with van der Waals surface area (Å²) in [6, 6.07) is 15.5. The summed E-state index contributed by atoms with van der Waals surface area (Å²) in [7, 11) is 1.69. The lowest BCUT2D eigenvalue weighted by Gasteiger charge is -2.09. The van der Waals surface area contributed by atoms with E-state index >= 15 is 0 Å². The second-order valence-corrected chi connectivity index (χ2v) is 7.50. The van der Waals surface area contributed by atoms with Gasteiger partial charge in [-0.05, 0) is 48.4 Å². The van der Waals surface area contributed by atoms with Crippen LogP contribution in [0, 0.1) is 6.92 Å². The van der Waals surface area contributed by atoms with Crippen molar-refractivity contribution in [2.45, 2.75) is 6.92 Å². The summed E-state index contributed by atoms with van der Waals surface area (Å²) in [5.41, 5.74) is 2.10. The first kappa shape index (κ1) is 18.5. The van der Waals surface area contributed by atoms with E-state index in [2.05, 4.69) is 0 Å². The molecule has 0 aromatic heterocycles. The van der Waals surface area contributed by atoms with Crippen molar-refractivity contribution in [3.05, 3.63) is 64.6 Å². The van der Waals surface area contributed by atoms with Gasteiger partial charge in [0.05, 0.1) is 4.91 Å². The minimum Gasteiger partial charge on any atom is -0.490 e. The lowest BCUT2D eigenvalue weighted by molar-refractivity contribution is -0.121. The molecule has 1 heterocycles. The molecule has 0 bridgehead atoms. The Morgan fingerprint density at radius 2 is 1.77 bits per heavy atom. The molecule has 134 valence electrons. The molecular weight excluding hydrogens is 366 g/mol. The van der Waals surface area contributed by atoms with Crippen LogP contribution < -0.4 is 9.47 Å². The van der Waals surface area contributed by atoms with Crippen molar-refractivity contribution < 1.29 is 14.3 Å². The van der Waals surface area contributed by atoms with Crippen molar-refractivity contribution in [3.63, 3.8) is 0 Å². The summed E-state index contributed by atoms with van der Waals surface area (Å²) >= 11 is 6.45. The molecule has 1 aliphatic rings. The fraction of sp³-hybridized carbons (Fsp3) is 0.200. The largest absolute Gasteiger partial charge is 0.490 e. The monoisotopic (exact) mass is 385 g/mol. The van der Waals surface area contributed by atoms with Gasteiger partial charge in [0.1, 0.15) is 29.0 Å². The smallest absolute Gasteiger partial charge is 0.265 e. The summed E-state index contributed by atoms with van der Waals surface area (Å²) in [6.07, 6.45) is 1.84. The summed E-state index contributed by atoms with van der Waals surface area (Å²) in [5, 5.41) is 0. The molecule has 0 atom stereocenters. The zero-order valence-corrected chi connectivity index (χ0v) is 16.2. The van der Waals surface area contributed by atoms with E-state index in [9.17, 15) is 4.79 Å². The molecule has 4 nitrogen and oxygen atoms in total. The van der Waals surface area contributed by atoms with Gasteiger partial charge >= 0.3 is 0 Å². The molecule has 1 aliphatic heterocycles. The summed E-state index contributed by atoms with van der Waals surface area (Å²) in [4.78, 5) is 14.1. The van der Waals surface area contributed by atoms with E-state index in [1.165, 1.54) is 22.2 Å². The van der Waals surface area contributed by atoms with Crippen molar-refractivity contribution >= 4 is 40.3 Å². The first-order chi connectivity index (χ1) is 12.5. The summed E-state index contributed by atoms with van der Waals surface area (Å²) in [6.45, 7) is 2.97. The van der Waals surface area contributed by atoms with E-state index in [-0.39, 0.29) is 5.91 Å². The van der Waals surface area contributed by atoms with Crippen LogP contribution in [0.1, 0.15) is 11.1 Å². The highest BCUT2D eigenvalue weighted by Gasteiger charge is 2.28. The highest BCUT2D eigenvalue weighted by Crippen LogP contribution is 2.31. The Morgan fingerprint density at radius 3 is 2.38 bits per heavy atom. The van der Waals surface area contributed by atoms with Crippen LogP contribution >= 0.6 is 24.0 Å². The van der Waals surface area contributed by atoms with Crippen LogP contribution in [0.4, 0.5) is 0 Å². The molecule has 1 saturated heterocycles. The molecule has 6 heteroatoms. The van der Waals surface area contributed by atoms with Crippen LogP contribution in [0.5, 0.6) is 11.5 Å². The molecule has 26 heavy (non-hydrogen) atoms. The van der Waals surface area contributed by atoms with E-state index in [4.69, 9.17) is 21.7 Å². The quantitative estimate of drug-likeness (QED) is 0.421. The number of carbonyl (C=O) groups excluding carboxylic acids is 1. The maximum absolute atomic E-state index is 12.0. The first-order valence-corrected chi connectivity index (χ1v) is 9.39. The molecule has 0 unspecified atom stereocenters. The van der Waals surface area contributed by atoms with Crippen LogP contribution in [0.3, 0.4) is 0 Å². The minimum atomic E-state index is -0.0615. The summed E-state index contributed by atoms with van der Waals surface area (Å²) < 4.78 is 11.9. The standard InChI is InChI=1S/C20H19NO3S2/c1-14-4-3-5-17(12-14)24-11-10-23-16-8-6-15(7-9-16)13-18-19(22)21(2)20(25)26-18/h3-9,12-13H,10-11H2,1-2H3/b18-13-. The maximum Gasteiger partial charge on any atom is 0.265 e. The number of thiocarbonyl (C=S) groups is 1. The van der Waals surface area contributed by atoms with Crippen molar-refractivity contribution in [2.24, 2.45) is 0 Å². The van der Waals surface area contributed by atoms with E-state index in [0.717, 1.165) is 17.1 Å². The minimum absolute atomic E-state index is 0.0615. The van der Waals surface area contributed by atoms with Gasteiger partial charge in [0.2, 0.25) is 0 Å². The number of hydrogen-bond donors (Lipinski definition) is 0. The number of thioether (sulfide) groups is 1. The molecule has 0 saturated carbocycles. The Hall–Kier alpha value is -2.31. The number of hydrogen-bond acceptors (Lipinski definition) is 5. The Bertz CT molecular complexity index is 846. The molecule has 1 fully saturated rings. The highest BCUT2D eigenvalue weighted by molar-refractivity contribution is 8.26. The Morgan fingerprint density at radius 1 is 1.08 bits per heavy atom. The lowest BCUT2D eigenvalue weighted by Crippen LogP contribution is -2.22. The van der Waals surface area contributed by atoms with Gasteiger partial charge in [-0.2, -0.15) is 0 Å². The Balaban J connectivity index is 1.50. The lowest BCUT2D eigenvalue weighted by atomic mass is 10.2. The number of rotatable bonds is 6. The van der Waals surface area contributed by atoms with Gasteiger partial charge in [-0.25, -0.2) is 0 Å². The molecule has 0 N–H and O–H groups in total. The van der Waals surface area contributed by atoms with Gasteiger partial charge in [0.15, 0.2) is 0 Å². The molecule has 2 aromatic rings. The van der Waals surface area contributed by atoms with Gasteiger partial charge < -0.3 is 9.47 Å². The van der Waals surface area contributed by atoms with Gasteiger partial charge in [-0.3, -0.25) is 9.69 Å². The maximum atomic E-state index is 12.0. The van der Waals surface area contributed by atoms with Gasteiger partial charge in [-0.15, -0.1) is 0 Å². The molecule has 0 radical (unpaired) electrons. The molecule has 2 aromatic carbocycles. The number of carbonyl (C=O) groups is 1. The number of amides is 1. The predicted molar refractivity (Wildman–Crippen MR) is 110 cm³/mol. The van der Waals surface area contributed by atoms with Crippen LogP contribution in [0.15, 0.2) is 53.4 Å². The molecular formula is C20H19NO3S2. The fourth-order valence-corrected chi connectivity index (χ4v) is 3.56. The predicted octanol–water partition coefficient (Wildman–Crippen LogP) is 4.28. The molecule has 0 spiro atoms. The van der Waals surface area contributed by atoms with Crippen molar-refractivity contribution in [1.29, 1.82) is 0 Å². The highest BCUT2D eigenvalue weighted by atomic mass is 32.2. The van der Waals surface area contributed by atoms with Gasteiger partial charge in [0.25, 0.3) is 5.91 Å². The molecule has 3 rings (SSSR count). The van der Waals surface area contributed by atoms with Crippen molar-refractivity contribution in [1.82, 2.24) is 4.90 Å². The summed E-state index contributed by atoms with van der Waals surface area (Å²) in [5.74, 6) is 1.55. The number of nitrogens with zero attached hydrogens (tertiary/aromatic N) is 1. The van der Waals surface area contributed by atoms with E-state index in [1.54, 1.807) is 7.05 Å². The van der Waals surface area contributed by atoms with E-state index in [0.29, 0.717) is 22.4 Å². The van der Waals surface area contributed by atoms with Crippen LogP contribution in [0.25, 0.3) is 6.08 Å². The Kier molecular flexibility index (Phi) is 5.96. The number of aryl methyl sites for hydroxylation is 1. The third-order valence-electron chi connectivity index (χ3n) is 3.77. The second-order valence-electron chi connectivity index (χ2n) is 5.82. The fourth-order valence-electron chi connectivity index (χ4n) is 2.38. The molecule has 1 amide bonds. The van der Waals surface area contributed by atoms with Crippen molar-refractivity contribution in [3.8, 4) is 11.5 Å². The van der Waals surface area contributed by atoms with Gasteiger partial charge in [-0.1, -0.05) is 48.2 Å². The average Bonchev–Trinajstić information content (AvgIpc) is 2.87. The van der Waals surface area contributed by atoms with Crippen LogP contribution in [-0.2, 0) is 4.79 Å². The topological polar surface area (TPSA) is 38.8 Å². The van der Waals surface area contributed by atoms with Crippen LogP contribution in [-0.4, -0.2) is 35.4 Å². The number of ether oxygens (including phenoxy) is 2. The second kappa shape index (κ2) is 8.38. The Labute approximate surface area is 162 Å².